The molecule has 1 aromatic carbocycles. The second kappa shape index (κ2) is 7.83. The summed E-state index contributed by atoms with van der Waals surface area (Å²) in [6, 6.07) is 0.209. The number of hydrogen-bond donors (Lipinski definition) is 1. The molecule has 11 heteroatoms. The van der Waals surface area contributed by atoms with Crippen molar-refractivity contribution in [3.05, 3.63) is 46.7 Å². The molecule has 0 bridgehead atoms. The molecule has 0 saturated carbocycles. The maximum atomic E-state index is 13.8. The average molecular weight is 375 g/mol. The molecule has 0 aliphatic carbocycles. The third kappa shape index (κ3) is 3.99. The lowest BCUT2D eigenvalue weighted by atomic mass is 10.1. The number of nitrogens with zero attached hydrogens (tertiary/aromatic N) is 3. The molecule has 1 aromatic heterocycles. The Labute approximate surface area is 142 Å². The zero-order chi connectivity index (χ0) is 18.6. The Balaban J connectivity index is 2.59. The number of rotatable bonds is 5. The van der Waals surface area contributed by atoms with E-state index in [-0.39, 0.29) is 18.5 Å². The highest BCUT2D eigenvalue weighted by molar-refractivity contribution is 6.99. The molecule has 1 N–H and O–H groups in total. The average Bonchev–Trinajstić information content (AvgIpc) is 3.10. The highest BCUT2D eigenvalue weighted by Crippen LogP contribution is 2.25. The van der Waals surface area contributed by atoms with Crippen LogP contribution >= 0.6 is 11.7 Å². The number of esters is 1. The number of aromatic nitrogens is 2. The van der Waals surface area contributed by atoms with Crippen molar-refractivity contribution in [3.63, 3.8) is 0 Å². The summed E-state index contributed by atoms with van der Waals surface area (Å²) in [5.41, 5.74) is -1.78. The largest absolute Gasteiger partial charge is 0.506 e. The normalized spacial score (nSPS) is 12.4. The Kier molecular flexibility index (Phi) is 5.80. The Morgan fingerprint density at radius 2 is 2.04 bits per heavy atom. The van der Waals surface area contributed by atoms with E-state index in [1.807, 2.05) is 0 Å². The molecule has 2 rings (SSSR count). The van der Waals surface area contributed by atoms with Crippen LogP contribution in [0.25, 0.3) is 5.76 Å². The molecule has 0 fully saturated rings. The first-order valence-electron chi connectivity index (χ1n) is 6.62. The maximum Gasteiger partial charge on any atom is 0.343 e. The van der Waals surface area contributed by atoms with Gasteiger partial charge in [0.1, 0.15) is 11.3 Å². The second-order valence-electron chi connectivity index (χ2n) is 4.35. The van der Waals surface area contributed by atoms with Crippen LogP contribution in [0, 0.1) is 23.3 Å². The first kappa shape index (κ1) is 18.5. The van der Waals surface area contributed by atoms with Crippen molar-refractivity contribution in [2.24, 2.45) is 4.99 Å². The maximum absolute atomic E-state index is 13.8. The SMILES string of the molecule is CCOC(=O)C(C=Nc1cnsn1)=C(O)c1cc(F)c(F)c(F)c1F. The summed E-state index contributed by atoms with van der Waals surface area (Å²) < 4.78 is 65.6. The third-order valence-corrected chi connectivity index (χ3v) is 3.25. The lowest BCUT2D eigenvalue weighted by Crippen LogP contribution is -2.12. The minimum atomic E-state index is -2.13. The van der Waals surface area contributed by atoms with Crippen LogP contribution in [0.15, 0.2) is 22.8 Å². The van der Waals surface area contributed by atoms with Crippen LogP contribution in [0.2, 0.25) is 0 Å². The van der Waals surface area contributed by atoms with Crippen LogP contribution in [0.1, 0.15) is 12.5 Å². The molecule has 0 aliphatic heterocycles. The van der Waals surface area contributed by atoms with E-state index in [1.165, 1.54) is 13.1 Å². The minimum Gasteiger partial charge on any atom is -0.506 e. The standard InChI is InChI=1S/C14H9F4N3O3S/c1-2-24-14(23)7(4-19-9-5-20-25-21-9)13(22)6-3-8(15)11(17)12(18)10(6)16/h3-5,22H,2H2,1H3. The molecule has 0 aliphatic rings. The van der Waals surface area contributed by atoms with Crippen LogP contribution in [0.3, 0.4) is 0 Å². The van der Waals surface area contributed by atoms with Crippen molar-refractivity contribution in [2.45, 2.75) is 6.92 Å². The molecule has 0 radical (unpaired) electrons. The zero-order valence-electron chi connectivity index (χ0n) is 12.5. The van der Waals surface area contributed by atoms with Gasteiger partial charge in [0.15, 0.2) is 29.1 Å². The van der Waals surface area contributed by atoms with E-state index in [2.05, 4.69) is 18.5 Å². The van der Waals surface area contributed by atoms with Crippen molar-refractivity contribution in [1.82, 2.24) is 8.75 Å². The Morgan fingerprint density at radius 1 is 1.32 bits per heavy atom. The molecule has 0 spiro atoms. The molecule has 0 unspecified atom stereocenters. The number of aliphatic imine (C=N–C) groups is 1. The summed E-state index contributed by atoms with van der Waals surface area (Å²) in [5.74, 6) is -10.1. The molecule has 2 aromatic rings. The van der Waals surface area contributed by atoms with Crippen molar-refractivity contribution < 1.29 is 32.2 Å². The number of halogens is 4. The molecule has 132 valence electrons. The van der Waals surface area contributed by atoms with Gasteiger partial charge < -0.3 is 9.84 Å². The van der Waals surface area contributed by atoms with Crippen molar-refractivity contribution in [3.8, 4) is 0 Å². The molecule has 6 nitrogen and oxygen atoms in total. The monoisotopic (exact) mass is 375 g/mol. The van der Waals surface area contributed by atoms with Gasteiger partial charge in [0, 0.05) is 6.21 Å². The summed E-state index contributed by atoms with van der Waals surface area (Å²) in [5, 5.41) is 10.1. The Morgan fingerprint density at radius 3 is 2.64 bits per heavy atom. The van der Waals surface area contributed by atoms with Gasteiger partial charge in [-0.1, -0.05) is 0 Å². The van der Waals surface area contributed by atoms with E-state index in [1.54, 1.807) is 0 Å². The van der Waals surface area contributed by atoms with Crippen molar-refractivity contribution in [1.29, 1.82) is 0 Å². The van der Waals surface area contributed by atoms with Gasteiger partial charge in [-0.15, -0.1) is 0 Å². The first-order valence-corrected chi connectivity index (χ1v) is 7.35. The number of aliphatic hydroxyl groups is 1. The van der Waals surface area contributed by atoms with Crippen LogP contribution in [-0.4, -0.2) is 32.6 Å². The van der Waals surface area contributed by atoms with Gasteiger partial charge in [0.25, 0.3) is 0 Å². The van der Waals surface area contributed by atoms with Gasteiger partial charge in [-0.25, -0.2) is 27.3 Å². The quantitative estimate of drug-likeness (QED) is 0.165. The molecule has 1 heterocycles. The first-order chi connectivity index (χ1) is 11.9. The van der Waals surface area contributed by atoms with E-state index in [0.717, 1.165) is 17.9 Å². The van der Waals surface area contributed by atoms with Gasteiger partial charge in [-0.3, -0.25) is 0 Å². The minimum absolute atomic E-state index is 0.0662. The van der Waals surface area contributed by atoms with Crippen LogP contribution in [-0.2, 0) is 9.53 Å². The number of ether oxygens (including phenoxy) is 1. The fourth-order valence-electron chi connectivity index (χ4n) is 1.66. The molecule has 0 atom stereocenters. The number of benzene rings is 1. The number of hydrogen-bond acceptors (Lipinski definition) is 7. The Bertz CT molecular complexity index is 854. The summed E-state index contributed by atoms with van der Waals surface area (Å²) in [6.45, 7) is 1.36. The summed E-state index contributed by atoms with van der Waals surface area (Å²) in [7, 11) is 0. The van der Waals surface area contributed by atoms with Gasteiger partial charge >= 0.3 is 5.97 Å². The smallest absolute Gasteiger partial charge is 0.343 e. The van der Waals surface area contributed by atoms with Crippen LogP contribution in [0.4, 0.5) is 23.4 Å². The lowest BCUT2D eigenvalue weighted by Gasteiger charge is -2.09. The third-order valence-electron chi connectivity index (χ3n) is 2.78. The van der Waals surface area contributed by atoms with Gasteiger partial charge in [-0.2, -0.15) is 8.75 Å². The lowest BCUT2D eigenvalue weighted by molar-refractivity contribution is -0.137. The summed E-state index contributed by atoms with van der Waals surface area (Å²) in [4.78, 5) is 15.6. The highest BCUT2D eigenvalue weighted by atomic mass is 32.1. The molecular weight excluding hydrogens is 366 g/mol. The van der Waals surface area contributed by atoms with Crippen LogP contribution in [0.5, 0.6) is 0 Å². The van der Waals surface area contributed by atoms with E-state index in [9.17, 15) is 27.5 Å². The predicted molar refractivity (Wildman–Crippen MR) is 80.5 cm³/mol. The fraction of sp³-hybridized carbons (Fsp3) is 0.143. The number of carbonyl (C=O) groups is 1. The molecule has 25 heavy (non-hydrogen) atoms. The van der Waals surface area contributed by atoms with Gasteiger partial charge in [0.2, 0.25) is 0 Å². The van der Waals surface area contributed by atoms with Gasteiger partial charge in [0.05, 0.1) is 30.1 Å². The van der Waals surface area contributed by atoms with E-state index >= 15 is 0 Å². The second-order valence-corrected chi connectivity index (χ2v) is 4.91. The number of aliphatic hydroxyl groups excluding tert-OH is 1. The molecular formula is C14H9F4N3O3S. The summed E-state index contributed by atoms with van der Waals surface area (Å²) >= 11 is 0.813. The predicted octanol–water partition coefficient (Wildman–Crippen LogP) is 3.33. The Hall–Kier alpha value is -2.82. The van der Waals surface area contributed by atoms with Crippen molar-refractivity contribution in [2.75, 3.05) is 6.61 Å². The number of carbonyl (C=O) groups excluding carboxylic acids is 1. The zero-order valence-corrected chi connectivity index (χ0v) is 13.3. The van der Waals surface area contributed by atoms with E-state index in [0.29, 0.717) is 0 Å². The fourth-order valence-corrected chi connectivity index (χ4v) is 2.02. The van der Waals surface area contributed by atoms with E-state index < -0.39 is 46.1 Å². The highest BCUT2D eigenvalue weighted by Gasteiger charge is 2.25. The molecule has 0 saturated heterocycles. The van der Waals surface area contributed by atoms with E-state index in [4.69, 9.17) is 0 Å². The van der Waals surface area contributed by atoms with Gasteiger partial charge in [-0.05, 0) is 13.0 Å². The van der Waals surface area contributed by atoms with Crippen LogP contribution < -0.4 is 0 Å². The van der Waals surface area contributed by atoms with Crippen molar-refractivity contribution >= 4 is 35.5 Å². The summed E-state index contributed by atoms with van der Waals surface area (Å²) in [6.07, 6.45) is 2.00. The topological polar surface area (TPSA) is 84.7 Å². The molecule has 0 amide bonds.